The van der Waals surface area contributed by atoms with Gasteiger partial charge in [0, 0.05) is 18.7 Å². The van der Waals surface area contributed by atoms with Gasteiger partial charge in [0.1, 0.15) is 11.5 Å². The number of hydrogen-bond acceptors (Lipinski definition) is 4. The van der Waals surface area contributed by atoms with E-state index in [4.69, 9.17) is 15.2 Å². The van der Waals surface area contributed by atoms with Crippen molar-refractivity contribution in [2.75, 3.05) is 26.1 Å². The van der Waals surface area contributed by atoms with E-state index in [0.717, 1.165) is 36.6 Å². The number of nitrogens with one attached hydrogen (secondary N) is 1. The van der Waals surface area contributed by atoms with Crippen molar-refractivity contribution in [3.05, 3.63) is 18.2 Å². The van der Waals surface area contributed by atoms with E-state index in [1.165, 1.54) is 12.8 Å². The lowest BCUT2D eigenvalue weighted by Crippen LogP contribution is -2.29. The predicted octanol–water partition coefficient (Wildman–Crippen LogP) is 2.63. The van der Waals surface area contributed by atoms with Gasteiger partial charge in [-0.3, -0.25) is 0 Å². The third-order valence-electron chi connectivity index (χ3n) is 3.88. The van der Waals surface area contributed by atoms with Crippen LogP contribution in [0.1, 0.15) is 25.7 Å². The minimum absolute atomic E-state index is 0.405. The maximum atomic E-state index is 5.93. The summed E-state index contributed by atoms with van der Waals surface area (Å²) in [5.41, 5.74) is 6.93. The molecule has 0 bridgehead atoms. The standard InChI is InChI=1S/C15H24N2O2/c1-18-13-7-8-15(19-2)14(9-13)17-10-11-3-5-12(16)6-4-11/h7-9,11-12,17H,3-6,10,16H2,1-2H3. The largest absolute Gasteiger partial charge is 0.497 e. The monoisotopic (exact) mass is 264 g/mol. The molecule has 1 aliphatic carbocycles. The average Bonchev–Trinajstić information content (AvgIpc) is 2.46. The van der Waals surface area contributed by atoms with E-state index in [1.807, 2.05) is 18.2 Å². The van der Waals surface area contributed by atoms with E-state index in [-0.39, 0.29) is 0 Å². The van der Waals surface area contributed by atoms with E-state index in [9.17, 15) is 0 Å². The van der Waals surface area contributed by atoms with E-state index in [1.54, 1.807) is 14.2 Å². The molecular formula is C15H24N2O2. The van der Waals surface area contributed by atoms with Gasteiger partial charge in [0.2, 0.25) is 0 Å². The smallest absolute Gasteiger partial charge is 0.142 e. The van der Waals surface area contributed by atoms with E-state index in [2.05, 4.69) is 5.32 Å². The fraction of sp³-hybridized carbons (Fsp3) is 0.600. The first-order chi connectivity index (χ1) is 9.22. The van der Waals surface area contributed by atoms with E-state index < -0.39 is 0 Å². The molecule has 0 radical (unpaired) electrons. The van der Waals surface area contributed by atoms with Crippen LogP contribution in [0.4, 0.5) is 5.69 Å². The van der Waals surface area contributed by atoms with Gasteiger partial charge in [0.25, 0.3) is 0 Å². The Bertz CT molecular complexity index is 401. The second kappa shape index (κ2) is 6.66. The first kappa shape index (κ1) is 14.0. The number of rotatable bonds is 5. The molecule has 4 heteroatoms. The molecule has 0 saturated heterocycles. The van der Waals surface area contributed by atoms with Crippen LogP contribution in [-0.4, -0.2) is 26.8 Å². The minimum atomic E-state index is 0.405. The summed E-state index contributed by atoms with van der Waals surface area (Å²) >= 11 is 0. The lowest BCUT2D eigenvalue weighted by molar-refractivity contribution is 0.338. The van der Waals surface area contributed by atoms with Gasteiger partial charge in [-0.15, -0.1) is 0 Å². The van der Waals surface area contributed by atoms with Crippen LogP contribution < -0.4 is 20.5 Å². The first-order valence-electron chi connectivity index (χ1n) is 6.94. The SMILES string of the molecule is COc1ccc(OC)c(NCC2CCC(N)CC2)c1. The molecule has 0 atom stereocenters. The summed E-state index contributed by atoms with van der Waals surface area (Å²) < 4.78 is 10.6. The summed E-state index contributed by atoms with van der Waals surface area (Å²) in [7, 11) is 3.36. The minimum Gasteiger partial charge on any atom is -0.497 e. The maximum Gasteiger partial charge on any atom is 0.142 e. The fourth-order valence-electron chi connectivity index (χ4n) is 2.60. The highest BCUT2D eigenvalue weighted by Gasteiger charge is 2.18. The number of benzene rings is 1. The topological polar surface area (TPSA) is 56.5 Å². The molecule has 4 nitrogen and oxygen atoms in total. The zero-order valence-corrected chi connectivity index (χ0v) is 11.8. The highest BCUT2D eigenvalue weighted by Crippen LogP contribution is 2.30. The highest BCUT2D eigenvalue weighted by molar-refractivity contribution is 5.59. The molecule has 0 unspecified atom stereocenters. The quantitative estimate of drug-likeness (QED) is 0.858. The zero-order chi connectivity index (χ0) is 13.7. The Hall–Kier alpha value is -1.42. The maximum absolute atomic E-state index is 5.93. The Kier molecular flexibility index (Phi) is 4.91. The Labute approximate surface area is 115 Å². The molecule has 2 rings (SSSR count). The Balaban J connectivity index is 1.94. The lowest BCUT2D eigenvalue weighted by atomic mass is 9.86. The second-order valence-corrected chi connectivity index (χ2v) is 5.23. The number of hydrogen-bond donors (Lipinski definition) is 2. The van der Waals surface area contributed by atoms with Crippen LogP contribution in [0, 0.1) is 5.92 Å². The molecule has 1 aliphatic rings. The number of nitrogens with two attached hydrogens (primary N) is 1. The molecule has 0 aliphatic heterocycles. The van der Waals surface area contributed by atoms with Crippen molar-refractivity contribution >= 4 is 5.69 Å². The van der Waals surface area contributed by atoms with Crippen molar-refractivity contribution in [2.45, 2.75) is 31.7 Å². The molecule has 106 valence electrons. The molecule has 1 aromatic rings. The fourth-order valence-corrected chi connectivity index (χ4v) is 2.60. The molecule has 19 heavy (non-hydrogen) atoms. The molecule has 1 aromatic carbocycles. The Morgan fingerprint density at radius 1 is 1.16 bits per heavy atom. The summed E-state index contributed by atoms with van der Waals surface area (Å²) in [4.78, 5) is 0. The van der Waals surface area contributed by atoms with Gasteiger partial charge in [-0.25, -0.2) is 0 Å². The summed E-state index contributed by atoms with van der Waals surface area (Å²) in [5, 5.41) is 3.48. The van der Waals surface area contributed by atoms with Gasteiger partial charge in [-0.2, -0.15) is 0 Å². The molecule has 0 heterocycles. The van der Waals surface area contributed by atoms with Crippen LogP contribution in [0.25, 0.3) is 0 Å². The summed E-state index contributed by atoms with van der Waals surface area (Å²) in [6.45, 7) is 0.968. The van der Waals surface area contributed by atoms with Crippen molar-refractivity contribution in [2.24, 2.45) is 11.7 Å². The average molecular weight is 264 g/mol. The normalized spacial score (nSPS) is 22.9. The number of ether oxygens (including phenoxy) is 2. The molecule has 3 N–H and O–H groups in total. The van der Waals surface area contributed by atoms with Gasteiger partial charge in [-0.05, 0) is 43.7 Å². The van der Waals surface area contributed by atoms with Crippen molar-refractivity contribution in [1.82, 2.24) is 0 Å². The highest BCUT2D eigenvalue weighted by atomic mass is 16.5. The Morgan fingerprint density at radius 2 is 1.89 bits per heavy atom. The predicted molar refractivity (Wildman–Crippen MR) is 78.0 cm³/mol. The van der Waals surface area contributed by atoms with Crippen molar-refractivity contribution < 1.29 is 9.47 Å². The zero-order valence-electron chi connectivity index (χ0n) is 11.8. The summed E-state index contributed by atoms with van der Waals surface area (Å²) in [6.07, 6.45) is 4.70. The van der Waals surface area contributed by atoms with Crippen LogP contribution in [0.3, 0.4) is 0 Å². The third kappa shape index (κ3) is 3.77. The van der Waals surface area contributed by atoms with Gasteiger partial charge >= 0.3 is 0 Å². The second-order valence-electron chi connectivity index (χ2n) is 5.23. The molecule has 0 spiro atoms. The van der Waals surface area contributed by atoms with Gasteiger partial charge in [0.15, 0.2) is 0 Å². The third-order valence-corrected chi connectivity index (χ3v) is 3.88. The molecular weight excluding hydrogens is 240 g/mol. The van der Waals surface area contributed by atoms with Crippen LogP contribution in [-0.2, 0) is 0 Å². The van der Waals surface area contributed by atoms with Crippen LogP contribution in [0.2, 0.25) is 0 Å². The van der Waals surface area contributed by atoms with Gasteiger partial charge < -0.3 is 20.5 Å². The first-order valence-corrected chi connectivity index (χ1v) is 6.94. The van der Waals surface area contributed by atoms with Gasteiger partial charge in [0.05, 0.1) is 19.9 Å². The van der Waals surface area contributed by atoms with Crippen LogP contribution >= 0.6 is 0 Å². The van der Waals surface area contributed by atoms with E-state index in [0.29, 0.717) is 12.0 Å². The number of methoxy groups -OCH3 is 2. The molecule has 1 saturated carbocycles. The number of anilines is 1. The molecule has 0 amide bonds. The summed E-state index contributed by atoms with van der Waals surface area (Å²) in [6, 6.07) is 6.22. The summed E-state index contributed by atoms with van der Waals surface area (Å²) in [5.74, 6) is 2.40. The van der Waals surface area contributed by atoms with Crippen LogP contribution in [0.5, 0.6) is 11.5 Å². The van der Waals surface area contributed by atoms with Crippen LogP contribution in [0.15, 0.2) is 18.2 Å². The lowest BCUT2D eigenvalue weighted by Gasteiger charge is -2.26. The Morgan fingerprint density at radius 3 is 2.53 bits per heavy atom. The van der Waals surface area contributed by atoms with Gasteiger partial charge in [-0.1, -0.05) is 0 Å². The van der Waals surface area contributed by atoms with Crippen molar-refractivity contribution in [3.8, 4) is 11.5 Å². The molecule has 1 fully saturated rings. The van der Waals surface area contributed by atoms with Crippen molar-refractivity contribution in [3.63, 3.8) is 0 Å². The molecule has 0 aromatic heterocycles. The van der Waals surface area contributed by atoms with E-state index >= 15 is 0 Å². The van der Waals surface area contributed by atoms with Crippen molar-refractivity contribution in [1.29, 1.82) is 0 Å².